The monoisotopic (exact) mass is 555 g/mol. The Kier molecular flexibility index (Phi) is 8.71. The predicted octanol–water partition coefficient (Wildman–Crippen LogP) is 7.08. The fourth-order valence-electron chi connectivity index (χ4n) is 4.06. The first kappa shape index (κ1) is 27.2. The van der Waals surface area contributed by atoms with E-state index >= 15 is 0 Å². The summed E-state index contributed by atoms with van der Waals surface area (Å²) in [5.74, 6) is -0.948. The van der Waals surface area contributed by atoms with Crippen LogP contribution in [-0.4, -0.2) is 30.2 Å². The number of hydrogen-bond donors (Lipinski definition) is 0. The van der Waals surface area contributed by atoms with Crippen molar-refractivity contribution in [1.82, 2.24) is 4.57 Å². The number of aromatic nitrogens is 1. The zero-order chi connectivity index (χ0) is 27.2. The van der Waals surface area contributed by atoms with Gasteiger partial charge >= 0.3 is 11.9 Å². The van der Waals surface area contributed by atoms with E-state index in [0.29, 0.717) is 44.4 Å². The van der Waals surface area contributed by atoms with Crippen LogP contribution in [-0.2, 0) is 27.4 Å². The number of ether oxygens (including phenoxy) is 3. The minimum absolute atomic E-state index is 0.00984. The van der Waals surface area contributed by atoms with Gasteiger partial charge in [0.1, 0.15) is 18.2 Å². The zero-order valence-electron chi connectivity index (χ0n) is 20.7. The van der Waals surface area contributed by atoms with Crippen LogP contribution in [0.2, 0.25) is 10.0 Å². The Bertz CT molecular complexity index is 1530. The predicted molar refractivity (Wildman–Crippen MR) is 145 cm³/mol. The van der Waals surface area contributed by atoms with Gasteiger partial charge in [-0.15, -0.1) is 0 Å². The van der Waals surface area contributed by atoms with Crippen molar-refractivity contribution in [3.8, 4) is 5.75 Å². The second-order valence-corrected chi connectivity index (χ2v) is 9.14. The zero-order valence-corrected chi connectivity index (χ0v) is 22.2. The second kappa shape index (κ2) is 12.2. The van der Waals surface area contributed by atoms with Crippen molar-refractivity contribution in [1.29, 1.82) is 0 Å². The quantitative estimate of drug-likeness (QED) is 0.163. The van der Waals surface area contributed by atoms with Gasteiger partial charge in [-0.2, -0.15) is 0 Å². The number of nitrogens with zero attached hydrogens (tertiary/aromatic N) is 1. The molecule has 0 radical (unpaired) electrons. The molecule has 4 rings (SSSR count). The number of carbonyl (C=O) groups is 2. The Morgan fingerprint density at radius 2 is 1.79 bits per heavy atom. The molecule has 0 unspecified atom stereocenters. The van der Waals surface area contributed by atoms with Gasteiger partial charge in [0.2, 0.25) is 0 Å². The van der Waals surface area contributed by atoms with E-state index in [9.17, 15) is 14.0 Å². The van der Waals surface area contributed by atoms with Gasteiger partial charge in [0, 0.05) is 49.9 Å². The molecule has 0 amide bonds. The van der Waals surface area contributed by atoms with E-state index < -0.39 is 17.8 Å². The highest BCUT2D eigenvalue weighted by atomic mass is 35.5. The van der Waals surface area contributed by atoms with Crippen LogP contribution >= 0.6 is 23.2 Å². The third-order valence-electron chi connectivity index (χ3n) is 5.79. The summed E-state index contributed by atoms with van der Waals surface area (Å²) in [4.78, 5) is 24.5. The molecule has 0 aliphatic carbocycles. The molecule has 6 nitrogen and oxygen atoms in total. The number of halogens is 3. The average Bonchev–Trinajstić information content (AvgIpc) is 3.25. The fourth-order valence-corrected chi connectivity index (χ4v) is 4.41. The van der Waals surface area contributed by atoms with Gasteiger partial charge in [-0.3, -0.25) is 0 Å². The van der Waals surface area contributed by atoms with E-state index in [1.165, 1.54) is 19.3 Å². The summed E-state index contributed by atoms with van der Waals surface area (Å²) in [6, 6.07) is 14.9. The van der Waals surface area contributed by atoms with Crippen LogP contribution in [0.1, 0.15) is 34.0 Å². The highest BCUT2D eigenvalue weighted by molar-refractivity contribution is 6.30. The van der Waals surface area contributed by atoms with Crippen LogP contribution in [0.4, 0.5) is 4.39 Å². The smallest absolute Gasteiger partial charge is 0.338 e. The van der Waals surface area contributed by atoms with E-state index in [2.05, 4.69) is 0 Å². The molecule has 4 aromatic rings. The van der Waals surface area contributed by atoms with Crippen molar-refractivity contribution in [3.05, 3.63) is 105 Å². The Balaban J connectivity index is 1.73. The van der Waals surface area contributed by atoms with Gasteiger partial charge in [-0.05, 0) is 55.5 Å². The van der Waals surface area contributed by atoms with Gasteiger partial charge in [0.25, 0.3) is 0 Å². The first-order valence-electron chi connectivity index (χ1n) is 11.7. The average molecular weight is 556 g/mol. The van der Waals surface area contributed by atoms with E-state index in [1.807, 2.05) is 16.8 Å². The molecular formula is C29H24Cl2FNO5. The number of methoxy groups -OCH3 is 1. The van der Waals surface area contributed by atoms with Crippen molar-refractivity contribution < 1.29 is 28.2 Å². The molecule has 0 spiro atoms. The summed E-state index contributed by atoms with van der Waals surface area (Å²) < 4.78 is 32.1. The Hall–Kier alpha value is -3.81. The third-order valence-corrected chi connectivity index (χ3v) is 6.26. The van der Waals surface area contributed by atoms with Crippen molar-refractivity contribution >= 4 is 52.1 Å². The molecule has 0 bridgehead atoms. The highest BCUT2D eigenvalue weighted by Crippen LogP contribution is 2.31. The van der Waals surface area contributed by atoms with Gasteiger partial charge in [-0.1, -0.05) is 35.3 Å². The maximum absolute atomic E-state index is 14.3. The molecule has 1 heterocycles. The molecule has 0 saturated carbocycles. The van der Waals surface area contributed by atoms with Crippen LogP contribution in [0.25, 0.3) is 17.0 Å². The molecule has 196 valence electrons. The van der Waals surface area contributed by atoms with Gasteiger partial charge in [0.05, 0.1) is 25.8 Å². The molecule has 0 atom stereocenters. The molecule has 0 aliphatic heterocycles. The number of fused-ring (bicyclic) bond motifs is 1. The van der Waals surface area contributed by atoms with E-state index in [-0.39, 0.29) is 13.2 Å². The second-order valence-electron chi connectivity index (χ2n) is 8.27. The summed E-state index contributed by atoms with van der Waals surface area (Å²) in [6.07, 6.45) is 4.73. The first-order chi connectivity index (χ1) is 18.3. The van der Waals surface area contributed by atoms with Gasteiger partial charge < -0.3 is 18.8 Å². The fraction of sp³-hybridized carbons (Fsp3) is 0.172. The Labute approximate surface area is 229 Å². The summed E-state index contributed by atoms with van der Waals surface area (Å²) in [6.45, 7) is 2.27. The number of carbonyl (C=O) groups excluding carboxylic acids is 2. The summed E-state index contributed by atoms with van der Waals surface area (Å²) in [7, 11) is 1.31. The largest absolute Gasteiger partial charge is 0.488 e. The number of hydrogen-bond acceptors (Lipinski definition) is 5. The molecule has 0 N–H and O–H groups in total. The normalized spacial score (nSPS) is 11.2. The van der Waals surface area contributed by atoms with Gasteiger partial charge in [-0.25, -0.2) is 14.0 Å². The van der Waals surface area contributed by atoms with E-state index in [1.54, 1.807) is 55.5 Å². The lowest BCUT2D eigenvalue weighted by atomic mass is 10.1. The number of benzene rings is 3. The molecule has 1 aromatic heterocycles. The van der Waals surface area contributed by atoms with Crippen molar-refractivity contribution in [3.63, 3.8) is 0 Å². The minimum atomic E-state index is -0.504. The van der Waals surface area contributed by atoms with Crippen molar-refractivity contribution in [2.75, 3.05) is 13.7 Å². The lowest BCUT2D eigenvalue weighted by Gasteiger charge is -2.14. The SMILES string of the molecule is CCOC(=O)/C=C/c1cn(Cc2cc(Cl)ccc2OCc2ccc(Cl)cc2F)c2cccc(C(=O)OC)c12. The summed E-state index contributed by atoms with van der Waals surface area (Å²) in [5.41, 5.74) is 2.80. The first-order valence-corrected chi connectivity index (χ1v) is 12.5. The molecule has 9 heteroatoms. The standard InChI is InChI=1S/C29H24Cl2FNO5/c1-3-37-27(34)12-8-18-15-33(25-6-4-5-23(28(18)25)29(35)36-2)16-20-13-21(30)10-11-26(20)38-17-19-7-9-22(31)14-24(19)32/h4-15H,3,16-17H2,1-2H3/b12-8+. The summed E-state index contributed by atoms with van der Waals surface area (Å²) >= 11 is 12.2. The lowest BCUT2D eigenvalue weighted by molar-refractivity contribution is -0.137. The molecule has 0 fully saturated rings. The Morgan fingerprint density at radius 3 is 2.53 bits per heavy atom. The molecule has 0 saturated heterocycles. The van der Waals surface area contributed by atoms with Crippen LogP contribution < -0.4 is 4.74 Å². The van der Waals surface area contributed by atoms with Crippen LogP contribution in [0, 0.1) is 5.82 Å². The lowest BCUT2D eigenvalue weighted by Crippen LogP contribution is -2.05. The third kappa shape index (κ3) is 6.18. The van der Waals surface area contributed by atoms with Gasteiger partial charge in [0.15, 0.2) is 0 Å². The van der Waals surface area contributed by atoms with Crippen molar-refractivity contribution in [2.24, 2.45) is 0 Å². The van der Waals surface area contributed by atoms with E-state index in [0.717, 1.165) is 11.1 Å². The molecular weight excluding hydrogens is 532 g/mol. The van der Waals surface area contributed by atoms with Crippen molar-refractivity contribution in [2.45, 2.75) is 20.1 Å². The maximum Gasteiger partial charge on any atom is 0.338 e. The minimum Gasteiger partial charge on any atom is -0.488 e. The maximum atomic E-state index is 14.3. The Morgan fingerprint density at radius 1 is 1.03 bits per heavy atom. The van der Waals surface area contributed by atoms with Crippen LogP contribution in [0.5, 0.6) is 5.75 Å². The molecule has 0 aliphatic rings. The highest BCUT2D eigenvalue weighted by Gasteiger charge is 2.18. The molecule has 38 heavy (non-hydrogen) atoms. The summed E-state index contributed by atoms with van der Waals surface area (Å²) in [5, 5.41) is 1.42. The molecule has 3 aromatic carbocycles. The topological polar surface area (TPSA) is 66.8 Å². The van der Waals surface area contributed by atoms with E-state index in [4.69, 9.17) is 37.4 Å². The number of esters is 2. The van der Waals surface area contributed by atoms with Crippen LogP contribution in [0.3, 0.4) is 0 Å². The number of rotatable bonds is 9. The van der Waals surface area contributed by atoms with Crippen LogP contribution in [0.15, 0.2) is 66.9 Å².